The Kier molecular flexibility index (Phi) is 7.18. The van der Waals surface area contributed by atoms with Crippen LogP contribution in [0.1, 0.15) is 39.8 Å². The van der Waals surface area contributed by atoms with Crippen LogP contribution in [0.5, 0.6) is 5.88 Å². The third-order valence-electron chi connectivity index (χ3n) is 5.38. The zero-order valence-electron chi connectivity index (χ0n) is 20.4. The van der Waals surface area contributed by atoms with Crippen LogP contribution in [-0.2, 0) is 10.0 Å². The summed E-state index contributed by atoms with van der Waals surface area (Å²) in [5.74, 6) is -0.792. The van der Waals surface area contributed by atoms with E-state index in [2.05, 4.69) is 25.8 Å². The minimum Gasteiger partial charge on any atom is -0.480 e. The van der Waals surface area contributed by atoms with E-state index in [9.17, 15) is 18.0 Å². The first-order valence-corrected chi connectivity index (χ1v) is 13.4. The molecule has 0 atom stereocenters. The Morgan fingerprint density at radius 1 is 1.19 bits per heavy atom. The summed E-state index contributed by atoms with van der Waals surface area (Å²) in [6.45, 7) is 3.96. The molecule has 0 aliphatic carbocycles. The Hall–Kier alpha value is -3.97. The Morgan fingerprint density at radius 2 is 1.95 bits per heavy atom. The van der Waals surface area contributed by atoms with Gasteiger partial charge in [0.15, 0.2) is 5.82 Å². The number of carbonyl (C=O) groups is 2. The van der Waals surface area contributed by atoms with E-state index in [4.69, 9.17) is 16.3 Å². The number of halogens is 1. The predicted molar refractivity (Wildman–Crippen MR) is 138 cm³/mol. The average Bonchev–Trinajstić information content (AvgIpc) is 3.47. The van der Waals surface area contributed by atoms with Crippen molar-refractivity contribution in [1.82, 2.24) is 29.3 Å². The molecule has 0 aliphatic heterocycles. The maximum absolute atomic E-state index is 13.5. The van der Waals surface area contributed by atoms with Crippen molar-refractivity contribution < 1.29 is 22.7 Å². The molecule has 3 heterocycles. The molecule has 0 unspecified atom stereocenters. The van der Waals surface area contributed by atoms with Gasteiger partial charge in [0.25, 0.3) is 21.8 Å². The van der Waals surface area contributed by atoms with E-state index in [0.717, 1.165) is 10.3 Å². The van der Waals surface area contributed by atoms with Crippen molar-refractivity contribution in [2.24, 2.45) is 0 Å². The predicted octanol–water partition coefficient (Wildman–Crippen LogP) is 2.79. The van der Waals surface area contributed by atoms with E-state index in [0.29, 0.717) is 23.9 Å². The quantitative estimate of drug-likeness (QED) is 0.343. The van der Waals surface area contributed by atoms with E-state index >= 15 is 0 Å². The smallest absolute Gasteiger partial charge is 0.274 e. The second-order valence-electron chi connectivity index (χ2n) is 8.15. The maximum Gasteiger partial charge on any atom is 0.274 e. The number of benzene rings is 1. The number of rotatable bonds is 8. The lowest BCUT2D eigenvalue weighted by atomic mass is 10.0. The number of nitrogens with one attached hydrogen (secondary N) is 2. The van der Waals surface area contributed by atoms with Gasteiger partial charge in [0.1, 0.15) is 11.2 Å². The molecule has 194 valence electrons. The number of hydrogen-bond acceptors (Lipinski definition) is 8. The van der Waals surface area contributed by atoms with Gasteiger partial charge in [-0.05, 0) is 37.1 Å². The van der Waals surface area contributed by atoms with Gasteiger partial charge in [-0.3, -0.25) is 9.59 Å². The second kappa shape index (κ2) is 10.2. The summed E-state index contributed by atoms with van der Waals surface area (Å²) in [6.07, 6.45) is 4.50. The molecule has 3 aromatic heterocycles. The zero-order chi connectivity index (χ0) is 26.9. The minimum atomic E-state index is -3.71. The molecule has 37 heavy (non-hydrogen) atoms. The number of ether oxygens (including phenoxy) is 1. The van der Waals surface area contributed by atoms with Gasteiger partial charge < -0.3 is 15.4 Å². The second-order valence-corrected chi connectivity index (χ2v) is 10.4. The number of amides is 2. The molecule has 4 rings (SSSR count). The fourth-order valence-corrected chi connectivity index (χ4v) is 4.39. The summed E-state index contributed by atoms with van der Waals surface area (Å²) in [5, 5.41) is 14.6. The van der Waals surface area contributed by atoms with Gasteiger partial charge in [-0.2, -0.15) is 9.19 Å². The lowest BCUT2D eigenvalue weighted by molar-refractivity contribution is 0.0956. The molecular formula is C23H24ClN7O5S. The van der Waals surface area contributed by atoms with Gasteiger partial charge >= 0.3 is 0 Å². The summed E-state index contributed by atoms with van der Waals surface area (Å²) in [7, 11) is -2.31. The summed E-state index contributed by atoms with van der Waals surface area (Å²) in [4.78, 5) is 31.0. The summed E-state index contributed by atoms with van der Waals surface area (Å²) < 4.78 is 31.5. The minimum absolute atomic E-state index is 0.0353. The monoisotopic (exact) mass is 545 g/mol. The van der Waals surface area contributed by atoms with Crippen molar-refractivity contribution >= 4 is 50.0 Å². The van der Waals surface area contributed by atoms with E-state index in [-0.39, 0.29) is 39.2 Å². The van der Waals surface area contributed by atoms with Gasteiger partial charge in [-0.1, -0.05) is 18.5 Å². The van der Waals surface area contributed by atoms with Crippen molar-refractivity contribution in [2.75, 3.05) is 25.2 Å². The number of aryl methyl sites for hydroxylation is 1. The highest BCUT2D eigenvalue weighted by Crippen LogP contribution is 2.31. The van der Waals surface area contributed by atoms with Gasteiger partial charge in [0.05, 0.1) is 35.8 Å². The molecular weight excluding hydrogens is 522 g/mol. The average molecular weight is 546 g/mol. The first kappa shape index (κ1) is 26.1. The third-order valence-corrected chi connectivity index (χ3v) is 6.55. The molecule has 0 radical (unpaired) electrons. The SMILES string of the molecule is CCCNC(=O)c1c(NC(=O)c2cc(OC)nn2-c2ncccc2Cl)c(C)cc2cn(S(C)(=O)=O)nc12. The standard InChI is InChI=1S/C23H24ClN7O5S/c1-5-8-26-23(33)18-19(13(2)10-14-12-30(29-20(14)18)37(4,34)35)27-22(32)16-11-17(36-3)28-31(16)21-15(24)7-6-9-25-21/h6-7,9-12H,5,8H2,1-4H3,(H,26,33)(H,27,32). The highest BCUT2D eigenvalue weighted by atomic mass is 35.5. The number of hydrogen-bond donors (Lipinski definition) is 2. The van der Waals surface area contributed by atoms with E-state index in [1.165, 1.54) is 30.3 Å². The topological polar surface area (TPSA) is 150 Å². The number of fused-ring (bicyclic) bond motifs is 1. The summed E-state index contributed by atoms with van der Waals surface area (Å²) in [5.41, 5.74) is 0.888. The number of methoxy groups -OCH3 is 1. The number of pyridine rings is 1. The fourth-order valence-electron chi connectivity index (χ4n) is 3.66. The van der Waals surface area contributed by atoms with E-state index in [1.807, 2.05) is 6.92 Å². The first-order valence-electron chi connectivity index (χ1n) is 11.1. The molecule has 14 heteroatoms. The lowest BCUT2D eigenvalue weighted by Crippen LogP contribution is -2.27. The van der Waals surface area contributed by atoms with Crippen LogP contribution in [-0.4, -0.2) is 64.1 Å². The van der Waals surface area contributed by atoms with Crippen LogP contribution in [0.4, 0.5) is 5.69 Å². The number of nitrogens with zero attached hydrogens (tertiary/aromatic N) is 5. The van der Waals surface area contributed by atoms with Crippen molar-refractivity contribution in [3.05, 3.63) is 58.5 Å². The molecule has 0 fully saturated rings. The highest BCUT2D eigenvalue weighted by Gasteiger charge is 2.26. The molecule has 0 saturated carbocycles. The Bertz CT molecular complexity index is 1630. The Morgan fingerprint density at radius 3 is 2.59 bits per heavy atom. The zero-order valence-corrected chi connectivity index (χ0v) is 22.0. The van der Waals surface area contributed by atoms with Gasteiger partial charge in [-0.25, -0.2) is 18.1 Å². The Balaban J connectivity index is 1.86. The molecule has 4 aromatic rings. The van der Waals surface area contributed by atoms with Crippen LogP contribution < -0.4 is 15.4 Å². The molecule has 0 saturated heterocycles. The van der Waals surface area contributed by atoms with Crippen molar-refractivity contribution in [2.45, 2.75) is 20.3 Å². The van der Waals surface area contributed by atoms with Gasteiger partial charge in [-0.15, -0.1) is 5.10 Å². The highest BCUT2D eigenvalue weighted by molar-refractivity contribution is 7.89. The van der Waals surface area contributed by atoms with Crippen LogP contribution in [0, 0.1) is 6.92 Å². The van der Waals surface area contributed by atoms with Crippen LogP contribution >= 0.6 is 11.6 Å². The van der Waals surface area contributed by atoms with Gasteiger partial charge in [0.2, 0.25) is 5.88 Å². The van der Waals surface area contributed by atoms with E-state index < -0.39 is 21.8 Å². The molecule has 12 nitrogen and oxygen atoms in total. The molecule has 2 N–H and O–H groups in total. The molecule has 0 spiro atoms. The van der Waals surface area contributed by atoms with Crippen molar-refractivity contribution in [3.8, 4) is 11.7 Å². The number of carbonyl (C=O) groups excluding carboxylic acids is 2. The molecule has 1 aromatic carbocycles. The van der Waals surface area contributed by atoms with Crippen LogP contribution in [0.3, 0.4) is 0 Å². The van der Waals surface area contributed by atoms with Crippen molar-refractivity contribution in [3.63, 3.8) is 0 Å². The van der Waals surface area contributed by atoms with Crippen molar-refractivity contribution in [1.29, 1.82) is 0 Å². The molecule has 0 aliphatic rings. The largest absolute Gasteiger partial charge is 0.480 e. The molecule has 0 bridgehead atoms. The number of aromatic nitrogens is 5. The normalized spacial score (nSPS) is 11.5. The van der Waals surface area contributed by atoms with Crippen LogP contribution in [0.2, 0.25) is 5.02 Å². The first-order chi connectivity index (χ1) is 17.5. The maximum atomic E-state index is 13.5. The summed E-state index contributed by atoms with van der Waals surface area (Å²) >= 11 is 6.28. The van der Waals surface area contributed by atoms with E-state index in [1.54, 1.807) is 25.1 Å². The van der Waals surface area contributed by atoms with Gasteiger partial charge in [0, 0.05) is 24.2 Å². The fraction of sp³-hybridized carbons (Fsp3) is 0.261. The molecule has 2 amide bonds. The number of anilines is 1. The third kappa shape index (κ3) is 5.13. The Labute approximate surface area is 217 Å². The van der Waals surface area contributed by atoms with Crippen LogP contribution in [0.15, 0.2) is 36.7 Å². The summed E-state index contributed by atoms with van der Waals surface area (Å²) in [6, 6.07) is 6.29. The van der Waals surface area contributed by atoms with Crippen LogP contribution in [0.25, 0.3) is 16.7 Å². The lowest BCUT2D eigenvalue weighted by Gasteiger charge is -2.15.